The third kappa shape index (κ3) is 5.31. The minimum Gasteiger partial charge on any atom is -0.324 e. The number of carbonyl (C=O) groups is 1. The van der Waals surface area contributed by atoms with Gasteiger partial charge in [0.1, 0.15) is 0 Å². The zero-order valence-electron chi connectivity index (χ0n) is 13.2. The number of hydrogen-bond acceptors (Lipinski definition) is 3. The van der Waals surface area contributed by atoms with Crippen molar-refractivity contribution in [2.75, 3.05) is 19.4 Å². The van der Waals surface area contributed by atoms with Crippen LogP contribution in [0.1, 0.15) is 31.4 Å². The molecule has 112 valence electrons. The number of amides is 1. The molecular weight excluding hydrogens is 250 g/mol. The molecule has 0 fully saturated rings. The Kier molecular flexibility index (Phi) is 6.17. The first-order valence-electron chi connectivity index (χ1n) is 7.10. The summed E-state index contributed by atoms with van der Waals surface area (Å²) >= 11 is 0. The van der Waals surface area contributed by atoms with E-state index in [1.807, 2.05) is 33.2 Å². The molecule has 0 bridgehead atoms. The first kappa shape index (κ1) is 16.7. The number of nitrogens with zero attached hydrogens (tertiary/aromatic N) is 1. The maximum absolute atomic E-state index is 12.1. The van der Waals surface area contributed by atoms with Gasteiger partial charge in [-0.2, -0.15) is 0 Å². The van der Waals surface area contributed by atoms with E-state index in [4.69, 9.17) is 5.73 Å². The quantitative estimate of drug-likeness (QED) is 0.839. The third-order valence-electron chi connectivity index (χ3n) is 3.12. The lowest BCUT2D eigenvalue weighted by molar-refractivity contribution is -0.117. The van der Waals surface area contributed by atoms with Crippen LogP contribution in [0.5, 0.6) is 0 Å². The summed E-state index contributed by atoms with van der Waals surface area (Å²) in [5.74, 6) is 0.306. The van der Waals surface area contributed by atoms with Gasteiger partial charge in [0, 0.05) is 12.2 Å². The van der Waals surface area contributed by atoms with E-state index >= 15 is 0 Å². The van der Waals surface area contributed by atoms with Crippen LogP contribution in [0.25, 0.3) is 0 Å². The summed E-state index contributed by atoms with van der Waals surface area (Å²) in [4.78, 5) is 14.2. The Hall–Kier alpha value is -1.39. The Morgan fingerprint density at radius 3 is 2.55 bits per heavy atom. The van der Waals surface area contributed by atoms with E-state index in [9.17, 15) is 4.79 Å². The molecule has 3 N–H and O–H groups in total. The largest absolute Gasteiger partial charge is 0.324 e. The van der Waals surface area contributed by atoms with Gasteiger partial charge in [-0.15, -0.1) is 0 Å². The predicted octanol–water partition coefficient (Wildman–Crippen LogP) is 2.37. The van der Waals surface area contributed by atoms with Crippen LogP contribution in [0.3, 0.4) is 0 Å². The van der Waals surface area contributed by atoms with Crippen molar-refractivity contribution in [3.8, 4) is 0 Å². The number of nitrogens with one attached hydrogen (secondary N) is 1. The SMILES string of the molecule is Cc1ccc(CN(C)C)cc1NC(=O)[C@@H](N)CC(C)C. The fourth-order valence-electron chi connectivity index (χ4n) is 2.11. The molecule has 1 atom stereocenters. The summed E-state index contributed by atoms with van der Waals surface area (Å²) in [6.07, 6.45) is 0.697. The monoisotopic (exact) mass is 277 g/mol. The zero-order chi connectivity index (χ0) is 15.3. The van der Waals surface area contributed by atoms with Crippen molar-refractivity contribution < 1.29 is 4.79 Å². The average Bonchev–Trinajstić information content (AvgIpc) is 2.31. The molecule has 0 heterocycles. The smallest absolute Gasteiger partial charge is 0.241 e. The molecule has 1 aromatic carbocycles. The molecule has 0 aliphatic heterocycles. The van der Waals surface area contributed by atoms with Crippen molar-refractivity contribution in [3.05, 3.63) is 29.3 Å². The fraction of sp³-hybridized carbons (Fsp3) is 0.562. The molecule has 0 saturated carbocycles. The molecule has 0 aromatic heterocycles. The van der Waals surface area contributed by atoms with Crippen molar-refractivity contribution in [1.29, 1.82) is 0 Å². The molecule has 1 rings (SSSR count). The summed E-state index contributed by atoms with van der Waals surface area (Å²) < 4.78 is 0. The molecule has 0 radical (unpaired) electrons. The van der Waals surface area contributed by atoms with E-state index in [0.29, 0.717) is 12.3 Å². The summed E-state index contributed by atoms with van der Waals surface area (Å²) in [5.41, 5.74) is 9.00. The Labute approximate surface area is 122 Å². The van der Waals surface area contributed by atoms with Gasteiger partial charge in [-0.1, -0.05) is 26.0 Å². The maximum atomic E-state index is 12.1. The second-order valence-electron chi connectivity index (χ2n) is 6.11. The van der Waals surface area contributed by atoms with E-state index in [-0.39, 0.29) is 5.91 Å². The fourth-order valence-corrected chi connectivity index (χ4v) is 2.11. The molecule has 1 amide bonds. The topological polar surface area (TPSA) is 58.4 Å². The normalized spacial score (nSPS) is 12.8. The van der Waals surface area contributed by atoms with E-state index in [1.54, 1.807) is 0 Å². The summed E-state index contributed by atoms with van der Waals surface area (Å²) in [6.45, 7) is 6.97. The predicted molar refractivity (Wildman–Crippen MR) is 84.6 cm³/mol. The van der Waals surface area contributed by atoms with Crippen molar-refractivity contribution in [2.45, 2.75) is 39.8 Å². The van der Waals surface area contributed by atoms with Crippen LogP contribution < -0.4 is 11.1 Å². The van der Waals surface area contributed by atoms with E-state index in [2.05, 4.69) is 30.1 Å². The summed E-state index contributed by atoms with van der Waals surface area (Å²) in [5, 5.41) is 2.95. The van der Waals surface area contributed by atoms with Crippen LogP contribution >= 0.6 is 0 Å². The lowest BCUT2D eigenvalue weighted by atomic mass is 10.0. The van der Waals surface area contributed by atoms with Gasteiger partial charge in [-0.05, 0) is 50.6 Å². The molecule has 4 heteroatoms. The highest BCUT2D eigenvalue weighted by Gasteiger charge is 2.16. The zero-order valence-corrected chi connectivity index (χ0v) is 13.2. The molecule has 20 heavy (non-hydrogen) atoms. The van der Waals surface area contributed by atoms with Gasteiger partial charge in [-0.25, -0.2) is 0 Å². The first-order chi connectivity index (χ1) is 9.29. The van der Waals surface area contributed by atoms with Gasteiger partial charge >= 0.3 is 0 Å². The minimum atomic E-state index is -0.452. The molecule has 4 nitrogen and oxygen atoms in total. The molecule has 1 aromatic rings. The number of hydrogen-bond donors (Lipinski definition) is 2. The number of carbonyl (C=O) groups excluding carboxylic acids is 1. The van der Waals surface area contributed by atoms with Gasteiger partial charge in [0.25, 0.3) is 0 Å². The van der Waals surface area contributed by atoms with Crippen LogP contribution in [0, 0.1) is 12.8 Å². The Morgan fingerprint density at radius 2 is 2.00 bits per heavy atom. The number of aryl methyl sites for hydroxylation is 1. The molecule has 0 spiro atoms. The highest BCUT2D eigenvalue weighted by Crippen LogP contribution is 2.18. The highest BCUT2D eigenvalue weighted by atomic mass is 16.2. The molecule has 0 aliphatic carbocycles. The van der Waals surface area contributed by atoms with Crippen molar-refractivity contribution >= 4 is 11.6 Å². The number of benzene rings is 1. The molecular formula is C16H27N3O. The number of anilines is 1. The number of nitrogens with two attached hydrogens (primary N) is 1. The van der Waals surface area contributed by atoms with Gasteiger partial charge < -0.3 is 16.0 Å². The van der Waals surface area contributed by atoms with Crippen LogP contribution in [0.15, 0.2) is 18.2 Å². The van der Waals surface area contributed by atoms with Gasteiger partial charge in [0.2, 0.25) is 5.91 Å². The van der Waals surface area contributed by atoms with E-state index < -0.39 is 6.04 Å². The first-order valence-corrected chi connectivity index (χ1v) is 7.10. The Balaban J connectivity index is 2.78. The average molecular weight is 277 g/mol. The van der Waals surface area contributed by atoms with Crippen LogP contribution in [-0.4, -0.2) is 30.9 Å². The Bertz CT molecular complexity index is 455. The summed E-state index contributed by atoms with van der Waals surface area (Å²) in [6, 6.07) is 5.68. The van der Waals surface area contributed by atoms with Gasteiger partial charge in [0.15, 0.2) is 0 Å². The second kappa shape index (κ2) is 7.41. The van der Waals surface area contributed by atoms with E-state index in [0.717, 1.165) is 17.8 Å². The lowest BCUT2D eigenvalue weighted by Crippen LogP contribution is -2.36. The Morgan fingerprint density at radius 1 is 1.35 bits per heavy atom. The van der Waals surface area contributed by atoms with Gasteiger partial charge in [0.05, 0.1) is 6.04 Å². The van der Waals surface area contributed by atoms with E-state index in [1.165, 1.54) is 5.56 Å². The highest BCUT2D eigenvalue weighted by molar-refractivity contribution is 5.95. The third-order valence-corrected chi connectivity index (χ3v) is 3.12. The molecule has 0 saturated heterocycles. The second-order valence-corrected chi connectivity index (χ2v) is 6.11. The molecule has 0 aliphatic rings. The maximum Gasteiger partial charge on any atom is 0.241 e. The number of rotatable bonds is 6. The molecule has 0 unspecified atom stereocenters. The summed E-state index contributed by atoms with van der Waals surface area (Å²) in [7, 11) is 4.05. The van der Waals surface area contributed by atoms with Crippen LogP contribution in [-0.2, 0) is 11.3 Å². The van der Waals surface area contributed by atoms with Crippen molar-refractivity contribution in [3.63, 3.8) is 0 Å². The van der Waals surface area contributed by atoms with Gasteiger partial charge in [-0.3, -0.25) is 4.79 Å². The minimum absolute atomic E-state index is 0.108. The standard InChI is InChI=1S/C16H27N3O/c1-11(2)8-14(17)16(20)18-15-9-13(10-19(4)5)7-6-12(15)3/h6-7,9,11,14H,8,10,17H2,1-5H3,(H,18,20)/t14-/m0/s1. The van der Waals surface area contributed by atoms with Crippen LogP contribution in [0.2, 0.25) is 0 Å². The van der Waals surface area contributed by atoms with Crippen LogP contribution in [0.4, 0.5) is 5.69 Å². The van der Waals surface area contributed by atoms with Crippen molar-refractivity contribution in [1.82, 2.24) is 4.90 Å². The lowest BCUT2D eigenvalue weighted by Gasteiger charge is -2.17. The van der Waals surface area contributed by atoms with Crippen molar-refractivity contribution in [2.24, 2.45) is 11.7 Å².